The molecule has 0 aromatic heterocycles. The molecular weight excluding hydrogens is 210 g/mol. The fourth-order valence-electron chi connectivity index (χ4n) is 2.41. The highest BCUT2D eigenvalue weighted by atomic mass is 15.5. The second-order valence-electron chi connectivity index (χ2n) is 4.70. The van der Waals surface area contributed by atoms with Crippen LogP contribution in [0.3, 0.4) is 0 Å². The van der Waals surface area contributed by atoms with Gasteiger partial charge in [-0.2, -0.15) is 0 Å². The number of rotatable bonds is 3. The van der Waals surface area contributed by atoms with E-state index in [-0.39, 0.29) is 0 Å². The van der Waals surface area contributed by atoms with Crippen LogP contribution in [0.4, 0.5) is 5.69 Å². The van der Waals surface area contributed by atoms with Crippen LogP contribution in [0, 0.1) is 13.8 Å². The Morgan fingerprint density at radius 3 is 2.47 bits per heavy atom. The van der Waals surface area contributed by atoms with Gasteiger partial charge in [-0.1, -0.05) is 19.1 Å². The van der Waals surface area contributed by atoms with Crippen LogP contribution in [0.1, 0.15) is 18.1 Å². The highest BCUT2D eigenvalue weighted by Gasteiger charge is 2.17. The van der Waals surface area contributed by atoms with E-state index in [2.05, 4.69) is 54.3 Å². The Labute approximate surface area is 104 Å². The fraction of sp³-hybridized carbons (Fsp3) is 0.571. The number of nitrogens with one attached hydrogen (secondary N) is 1. The SMILES string of the molecule is CCNN1CCN(c2cccc(C)c2C)CC1. The average Bonchev–Trinajstić information content (AvgIpc) is 2.34. The number of aryl methyl sites for hydroxylation is 1. The maximum Gasteiger partial charge on any atom is 0.0399 e. The second kappa shape index (κ2) is 5.52. The summed E-state index contributed by atoms with van der Waals surface area (Å²) in [4.78, 5) is 2.50. The molecule has 3 nitrogen and oxygen atoms in total. The first kappa shape index (κ1) is 12.4. The molecule has 1 aliphatic rings. The molecule has 1 aliphatic heterocycles. The third kappa shape index (κ3) is 2.79. The Morgan fingerprint density at radius 2 is 1.82 bits per heavy atom. The molecule has 1 N–H and O–H groups in total. The molecule has 1 fully saturated rings. The van der Waals surface area contributed by atoms with Crippen molar-refractivity contribution < 1.29 is 0 Å². The summed E-state index contributed by atoms with van der Waals surface area (Å²) in [6, 6.07) is 6.59. The third-order valence-corrected chi connectivity index (χ3v) is 3.58. The van der Waals surface area contributed by atoms with Crippen molar-refractivity contribution in [2.45, 2.75) is 20.8 Å². The van der Waals surface area contributed by atoms with Gasteiger partial charge in [0, 0.05) is 38.4 Å². The van der Waals surface area contributed by atoms with Gasteiger partial charge in [-0.25, -0.2) is 5.01 Å². The number of hydrogen-bond acceptors (Lipinski definition) is 3. The molecule has 0 spiro atoms. The Morgan fingerprint density at radius 1 is 1.12 bits per heavy atom. The maximum absolute atomic E-state index is 3.39. The molecule has 0 amide bonds. The summed E-state index contributed by atoms with van der Waals surface area (Å²) in [6.45, 7) is 12.0. The highest BCUT2D eigenvalue weighted by Crippen LogP contribution is 2.23. The first-order valence-electron chi connectivity index (χ1n) is 6.52. The van der Waals surface area contributed by atoms with Gasteiger partial charge in [0.2, 0.25) is 0 Å². The van der Waals surface area contributed by atoms with E-state index in [0.717, 1.165) is 32.7 Å². The first-order valence-corrected chi connectivity index (χ1v) is 6.52. The van der Waals surface area contributed by atoms with Crippen molar-refractivity contribution >= 4 is 5.69 Å². The van der Waals surface area contributed by atoms with E-state index in [1.807, 2.05) is 0 Å². The standard InChI is InChI=1S/C14H23N3/c1-4-15-17-10-8-16(9-11-17)14-7-5-6-12(2)13(14)3/h5-7,15H,4,8-11H2,1-3H3. The van der Waals surface area contributed by atoms with Gasteiger partial charge >= 0.3 is 0 Å². The summed E-state index contributed by atoms with van der Waals surface area (Å²) < 4.78 is 0. The quantitative estimate of drug-likeness (QED) is 0.861. The zero-order chi connectivity index (χ0) is 12.3. The molecule has 0 radical (unpaired) electrons. The number of benzene rings is 1. The van der Waals surface area contributed by atoms with Gasteiger partial charge in [0.1, 0.15) is 0 Å². The van der Waals surface area contributed by atoms with E-state index in [1.165, 1.54) is 16.8 Å². The summed E-state index contributed by atoms with van der Waals surface area (Å²) >= 11 is 0. The van der Waals surface area contributed by atoms with E-state index >= 15 is 0 Å². The Balaban J connectivity index is 2.03. The summed E-state index contributed by atoms with van der Waals surface area (Å²) in [5, 5.41) is 2.32. The van der Waals surface area contributed by atoms with Gasteiger partial charge in [0.25, 0.3) is 0 Å². The Bertz CT molecular complexity index is 368. The number of piperazine rings is 1. The molecule has 0 unspecified atom stereocenters. The maximum atomic E-state index is 3.39. The Kier molecular flexibility index (Phi) is 4.02. The topological polar surface area (TPSA) is 18.5 Å². The molecule has 1 aromatic carbocycles. The lowest BCUT2D eigenvalue weighted by atomic mass is 10.1. The normalized spacial score (nSPS) is 17.5. The van der Waals surface area contributed by atoms with Crippen LogP contribution < -0.4 is 10.3 Å². The number of nitrogens with zero attached hydrogens (tertiary/aromatic N) is 2. The van der Waals surface area contributed by atoms with Crippen LogP contribution in [0.2, 0.25) is 0 Å². The van der Waals surface area contributed by atoms with Crippen molar-refractivity contribution in [2.75, 3.05) is 37.6 Å². The van der Waals surface area contributed by atoms with Crippen molar-refractivity contribution in [3.8, 4) is 0 Å². The molecule has 0 aliphatic carbocycles. The zero-order valence-electron chi connectivity index (χ0n) is 11.2. The molecule has 0 bridgehead atoms. The van der Waals surface area contributed by atoms with Gasteiger partial charge in [0.05, 0.1) is 0 Å². The van der Waals surface area contributed by atoms with Crippen molar-refractivity contribution in [1.82, 2.24) is 10.4 Å². The van der Waals surface area contributed by atoms with Gasteiger partial charge < -0.3 is 4.90 Å². The minimum Gasteiger partial charge on any atom is -0.369 e. The van der Waals surface area contributed by atoms with Crippen molar-refractivity contribution in [1.29, 1.82) is 0 Å². The number of anilines is 1. The third-order valence-electron chi connectivity index (χ3n) is 3.58. The summed E-state index contributed by atoms with van der Waals surface area (Å²) in [7, 11) is 0. The largest absolute Gasteiger partial charge is 0.369 e. The zero-order valence-corrected chi connectivity index (χ0v) is 11.2. The van der Waals surface area contributed by atoms with E-state index < -0.39 is 0 Å². The fourth-order valence-corrected chi connectivity index (χ4v) is 2.41. The van der Waals surface area contributed by atoms with Gasteiger partial charge in [0.15, 0.2) is 0 Å². The average molecular weight is 233 g/mol. The number of hydrazine groups is 1. The second-order valence-corrected chi connectivity index (χ2v) is 4.70. The van der Waals surface area contributed by atoms with Crippen LogP contribution in [-0.2, 0) is 0 Å². The van der Waals surface area contributed by atoms with Crippen molar-refractivity contribution in [3.05, 3.63) is 29.3 Å². The molecule has 2 rings (SSSR count). The van der Waals surface area contributed by atoms with Gasteiger partial charge in [-0.3, -0.25) is 5.43 Å². The van der Waals surface area contributed by atoms with Crippen LogP contribution in [0.15, 0.2) is 18.2 Å². The molecule has 0 saturated carbocycles. The van der Waals surface area contributed by atoms with E-state index in [9.17, 15) is 0 Å². The summed E-state index contributed by atoms with van der Waals surface area (Å²) in [5.74, 6) is 0. The lowest BCUT2D eigenvalue weighted by Crippen LogP contribution is -2.52. The lowest BCUT2D eigenvalue weighted by molar-refractivity contribution is 0.181. The molecule has 1 aromatic rings. The van der Waals surface area contributed by atoms with E-state index in [0.29, 0.717) is 0 Å². The van der Waals surface area contributed by atoms with E-state index in [4.69, 9.17) is 0 Å². The summed E-state index contributed by atoms with van der Waals surface area (Å²) in [6.07, 6.45) is 0. The molecular formula is C14H23N3. The van der Waals surface area contributed by atoms with Crippen molar-refractivity contribution in [2.24, 2.45) is 0 Å². The first-order chi connectivity index (χ1) is 8.22. The van der Waals surface area contributed by atoms with Crippen molar-refractivity contribution in [3.63, 3.8) is 0 Å². The van der Waals surface area contributed by atoms with Gasteiger partial charge in [-0.15, -0.1) is 0 Å². The Hall–Kier alpha value is -1.06. The van der Waals surface area contributed by atoms with Crippen LogP contribution in [0.25, 0.3) is 0 Å². The molecule has 1 heterocycles. The molecule has 1 saturated heterocycles. The monoisotopic (exact) mass is 233 g/mol. The molecule has 3 heteroatoms. The lowest BCUT2D eigenvalue weighted by Gasteiger charge is -2.37. The molecule has 17 heavy (non-hydrogen) atoms. The molecule has 94 valence electrons. The smallest absolute Gasteiger partial charge is 0.0399 e. The van der Waals surface area contributed by atoms with Gasteiger partial charge in [-0.05, 0) is 31.0 Å². The predicted molar refractivity (Wildman–Crippen MR) is 73.4 cm³/mol. The minimum absolute atomic E-state index is 1.02. The van der Waals surface area contributed by atoms with Crippen LogP contribution in [-0.4, -0.2) is 37.7 Å². The summed E-state index contributed by atoms with van der Waals surface area (Å²) in [5.41, 5.74) is 7.60. The number of hydrogen-bond donors (Lipinski definition) is 1. The predicted octanol–water partition coefficient (Wildman–Crippen LogP) is 1.95. The highest BCUT2D eigenvalue weighted by molar-refractivity contribution is 5.56. The minimum atomic E-state index is 1.02. The molecule has 0 atom stereocenters. The van der Waals surface area contributed by atoms with Crippen LogP contribution in [0.5, 0.6) is 0 Å². The van der Waals surface area contributed by atoms with E-state index in [1.54, 1.807) is 0 Å². The van der Waals surface area contributed by atoms with Crippen LogP contribution >= 0.6 is 0 Å².